The molecule has 94 valence electrons. The smallest absolute Gasteiger partial charge is 0.173 e. The lowest BCUT2D eigenvalue weighted by Gasteiger charge is -2.31. The summed E-state index contributed by atoms with van der Waals surface area (Å²) in [6, 6.07) is 0.459. The van der Waals surface area contributed by atoms with Crippen LogP contribution in [0.15, 0.2) is 6.20 Å². The van der Waals surface area contributed by atoms with Gasteiger partial charge >= 0.3 is 0 Å². The topological polar surface area (TPSA) is 47.1 Å². The molecule has 0 bridgehead atoms. The van der Waals surface area contributed by atoms with Gasteiger partial charge in [0.1, 0.15) is 0 Å². The second-order valence-corrected chi connectivity index (χ2v) is 6.57. The van der Waals surface area contributed by atoms with Gasteiger partial charge in [0, 0.05) is 24.5 Å². The van der Waals surface area contributed by atoms with Crippen LogP contribution < -0.4 is 5.73 Å². The van der Waals surface area contributed by atoms with Crippen molar-refractivity contribution in [3.63, 3.8) is 0 Å². The standard InChI is InChI=1S/C11H17ClN4S/c12-11-10(13)7-16(14-11)8-3-5-15(6-4-8)17-9-1-2-9/h7-9H,1-6,13H2. The van der Waals surface area contributed by atoms with Crippen molar-refractivity contribution < 1.29 is 0 Å². The van der Waals surface area contributed by atoms with Crippen LogP contribution >= 0.6 is 23.5 Å². The molecule has 4 nitrogen and oxygen atoms in total. The van der Waals surface area contributed by atoms with Crippen LogP contribution in [0.5, 0.6) is 0 Å². The van der Waals surface area contributed by atoms with Crippen molar-refractivity contribution >= 4 is 29.2 Å². The van der Waals surface area contributed by atoms with Crippen molar-refractivity contribution in [1.82, 2.24) is 14.1 Å². The lowest BCUT2D eigenvalue weighted by molar-refractivity contribution is 0.276. The SMILES string of the molecule is Nc1cn(C2CCN(SC3CC3)CC2)nc1Cl. The third-order valence-electron chi connectivity index (χ3n) is 3.33. The van der Waals surface area contributed by atoms with Gasteiger partial charge in [-0.3, -0.25) is 8.99 Å². The van der Waals surface area contributed by atoms with Gasteiger partial charge in [0.15, 0.2) is 5.15 Å². The Morgan fingerprint density at radius 3 is 2.53 bits per heavy atom. The first-order valence-electron chi connectivity index (χ1n) is 6.14. The molecule has 0 aromatic carbocycles. The van der Waals surface area contributed by atoms with Crippen LogP contribution in [0.2, 0.25) is 5.15 Å². The normalized spacial score (nSPS) is 23.1. The number of rotatable bonds is 3. The predicted octanol–water partition coefficient (Wildman–Crippen LogP) is 2.57. The van der Waals surface area contributed by atoms with Crippen LogP contribution in [-0.2, 0) is 0 Å². The molecule has 1 saturated carbocycles. The van der Waals surface area contributed by atoms with E-state index in [1.807, 2.05) is 22.8 Å². The number of anilines is 1. The average molecular weight is 273 g/mol. The Kier molecular flexibility index (Phi) is 3.23. The molecule has 1 aromatic heterocycles. The maximum absolute atomic E-state index is 5.88. The average Bonchev–Trinajstić information content (AvgIpc) is 3.07. The molecule has 0 radical (unpaired) electrons. The van der Waals surface area contributed by atoms with Crippen molar-refractivity contribution in [2.75, 3.05) is 18.8 Å². The fourth-order valence-electron chi connectivity index (χ4n) is 2.17. The van der Waals surface area contributed by atoms with Crippen LogP contribution in [-0.4, -0.2) is 32.4 Å². The lowest BCUT2D eigenvalue weighted by atomic mass is 10.1. The van der Waals surface area contributed by atoms with E-state index in [0.717, 1.165) is 31.2 Å². The van der Waals surface area contributed by atoms with E-state index in [-0.39, 0.29) is 0 Å². The Labute approximate surface area is 111 Å². The summed E-state index contributed by atoms with van der Waals surface area (Å²) in [6.07, 6.45) is 6.93. The van der Waals surface area contributed by atoms with E-state index >= 15 is 0 Å². The molecule has 1 aliphatic heterocycles. The van der Waals surface area contributed by atoms with Crippen LogP contribution in [0.25, 0.3) is 0 Å². The monoisotopic (exact) mass is 272 g/mol. The summed E-state index contributed by atoms with van der Waals surface area (Å²) in [4.78, 5) is 0. The van der Waals surface area contributed by atoms with Gasteiger partial charge in [0.2, 0.25) is 0 Å². The highest BCUT2D eigenvalue weighted by Crippen LogP contribution is 2.38. The summed E-state index contributed by atoms with van der Waals surface area (Å²) in [6.45, 7) is 2.28. The van der Waals surface area contributed by atoms with E-state index in [9.17, 15) is 0 Å². The second kappa shape index (κ2) is 4.71. The molecule has 1 aromatic rings. The molecule has 0 atom stereocenters. The summed E-state index contributed by atoms with van der Waals surface area (Å²) in [5.41, 5.74) is 6.30. The first kappa shape index (κ1) is 11.7. The molecular formula is C11H17ClN4S. The number of piperidine rings is 1. The number of hydrogen-bond donors (Lipinski definition) is 1. The molecular weight excluding hydrogens is 256 g/mol. The van der Waals surface area contributed by atoms with E-state index in [1.165, 1.54) is 12.8 Å². The Morgan fingerprint density at radius 1 is 1.29 bits per heavy atom. The molecule has 2 N–H and O–H groups in total. The summed E-state index contributed by atoms with van der Waals surface area (Å²) in [5.74, 6) is 0. The molecule has 17 heavy (non-hydrogen) atoms. The fourth-order valence-corrected chi connectivity index (χ4v) is 3.49. The molecule has 0 spiro atoms. The van der Waals surface area contributed by atoms with Crippen LogP contribution in [0, 0.1) is 0 Å². The van der Waals surface area contributed by atoms with E-state index in [0.29, 0.717) is 16.9 Å². The Balaban J connectivity index is 1.56. The largest absolute Gasteiger partial charge is 0.395 e. The van der Waals surface area contributed by atoms with Crippen LogP contribution in [0.1, 0.15) is 31.7 Å². The summed E-state index contributed by atoms with van der Waals surface area (Å²) in [5, 5.41) is 5.60. The third kappa shape index (κ3) is 2.72. The second-order valence-electron chi connectivity index (χ2n) is 4.82. The Bertz CT molecular complexity index is 377. The van der Waals surface area contributed by atoms with Crippen molar-refractivity contribution in [3.05, 3.63) is 11.3 Å². The lowest BCUT2D eigenvalue weighted by Crippen LogP contribution is -2.30. The van der Waals surface area contributed by atoms with Gasteiger partial charge in [0.05, 0.1) is 11.7 Å². The fraction of sp³-hybridized carbons (Fsp3) is 0.727. The summed E-state index contributed by atoms with van der Waals surface area (Å²) < 4.78 is 4.44. The summed E-state index contributed by atoms with van der Waals surface area (Å²) >= 11 is 7.93. The molecule has 1 saturated heterocycles. The number of halogens is 1. The zero-order valence-electron chi connectivity index (χ0n) is 9.68. The molecule has 1 aliphatic carbocycles. The highest BCUT2D eigenvalue weighted by molar-refractivity contribution is 7.97. The van der Waals surface area contributed by atoms with E-state index in [1.54, 1.807) is 0 Å². The van der Waals surface area contributed by atoms with E-state index < -0.39 is 0 Å². The van der Waals surface area contributed by atoms with E-state index in [4.69, 9.17) is 17.3 Å². The number of nitrogens with zero attached hydrogens (tertiary/aromatic N) is 3. The number of hydrogen-bond acceptors (Lipinski definition) is 4. The zero-order chi connectivity index (χ0) is 11.8. The third-order valence-corrected chi connectivity index (χ3v) is 5.06. The maximum atomic E-state index is 5.88. The van der Waals surface area contributed by atoms with Gasteiger partial charge in [-0.05, 0) is 25.7 Å². The highest BCUT2D eigenvalue weighted by Gasteiger charge is 2.28. The first-order valence-corrected chi connectivity index (χ1v) is 7.35. The van der Waals surface area contributed by atoms with E-state index in [2.05, 4.69) is 9.40 Å². The molecule has 2 heterocycles. The highest BCUT2D eigenvalue weighted by atomic mass is 35.5. The zero-order valence-corrected chi connectivity index (χ0v) is 11.3. The van der Waals surface area contributed by atoms with Crippen molar-refractivity contribution in [2.24, 2.45) is 0 Å². The van der Waals surface area contributed by atoms with Gasteiger partial charge in [-0.15, -0.1) is 0 Å². The van der Waals surface area contributed by atoms with Gasteiger partial charge in [0.25, 0.3) is 0 Å². The minimum atomic E-state index is 0.430. The number of aromatic nitrogens is 2. The first-order chi connectivity index (χ1) is 8.22. The molecule has 2 aliphatic rings. The molecule has 6 heteroatoms. The van der Waals surface area contributed by atoms with Crippen molar-refractivity contribution in [1.29, 1.82) is 0 Å². The molecule has 2 fully saturated rings. The minimum Gasteiger partial charge on any atom is -0.395 e. The van der Waals surface area contributed by atoms with Crippen LogP contribution in [0.3, 0.4) is 0 Å². The van der Waals surface area contributed by atoms with Gasteiger partial charge in [-0.25, -0.2) is 0 Å². The number of nitrogen functional groups attached to an aromatic ring is 1. The van der Waals surface area contributed by atoms with Crippen molar-refractivity contribution in [2.45, 2.75) is 37.0 Å². The molecule has 0 amide bonds. The number of nitrogens with two attached hydrogens (primary N) is 1. The predicted molar refractivity (Wildman–Crippen MR) is 72.1 cm³/mol. The van der Waals surface area contributed by atoms with Gasteiger partial charge in [-0.1, -0.05) is 23.5 Å². The Morgan fingerprint density at radius 2 is 2.00 bits per heavy atom. The summed E-state index contributed by atoms with van der Waals surface area (Å²) in [7, 11) is 0. The maximum Gasteiger partial charge on any atom is 0.173 e. The Hall–Kier alpha value is -0.390. The van der Waals surface area contributed by atoms with Crippen LogP contribution in [0.4, 0.5) is 5.69 Å². The van der Waals surface area contributed by atoms with Gasteiger partial charge in [-0.2, -0.15) is 5.10 Å². The minimum absolute atomic E-state index is 0.430. The van der Waals surface area contributed by atoms with Gasteiger partial charge < -0.3 is 5.73 Å². The quantitative estimate of drug-likeness (QED) is 0.859. The molecule has 0 unspecified atom stereocenters. The van der Waals surface area contributed by atoms with Crippen molar-refractivity contribution in [3.8, 4) is 0 Å². The molecule has 3 rings (SSSR count).